The molecule has 1 aliphatic rings. The third-order valence-electron chi connectivity index (χ3n) is 3.15. The highest BCUT2D eigenvalue weighted by atomic mass is 32.1. The molecule has 3 heteroatoms. The van der Waals surface area contributed by atoms with E-state index in [1.807, 2.05) is 0 Å². The summed E-state index contributed by atoms with van der Waals surface area (Å²) in [5.41, 5.74) is 0.208. The molecule has 0 aliphatic heterocycles. The van der Waals surface area contributed by atoms with Crippen LogP contribution in [0.5, 0.6) is 0 Å². The molecule has 0 aromatic heterocycles. The maximum absolute atomic E-state index is 4.68. The Hall–Kier alpha value is 0.660. The first-order valence-electron chi connectivity index (χ1n) is 5.97. The molecule has 0 heterocycles. The van der Waals surface area contributed by atoms with E-state index in [4.69, 9.17) is 0 Å². The lowest BCUT2D eigenvalue weighted by molar-refractivity contribution is 0.251. The van der Waals surface area contributed by atoms with Crippen molar-refractivity contribution in [1.82, 2.24) is 5.32 Å². The molecule has 1 N–H and O–H groups in total. The molecule has 15 heavy (non-hydrogen) atoms. The van der Waals surface area contributed by atoms with Crippen LogP contribution < -0.4 is 5.32 Å². The van der Waals surface area contributed by atoms with Crippen molar-refractivity contribution in [3.63, 3.8) is 0 Å². The summed E-state index contributed by atoms with van der Waals surface area (Å²) >= 11 is 9.34. The van der Waals surface area contributed by atoms with Gasteiger partial charge in [-0.25, -0.2) is 0 Å². The summed E-state index contributed by atoms with van der Waals surface area (Å²) in [5, 5.41) is 4.60. The van der Waals surface area contributed by atoms with Crippen molar-refractivity contribution in [2.24, 2.45) is 5.92 Å². The van der Waals surface area contributed by atoms with Crippen molar-refractivity contribution >= 4 is 25.3 Å². The SMILES string of the molecule is CCC1CC(NC(C)(C)C)CC(S)C1S. The van der Waals surface area contributed by atoms with Crippen molar-refractivity contribution in [2.45, 2.75) is 69.0 Å². The molecule has 1 saturated carbocycles. The maximum Gasteiger partial charge on any atom is 0.0163 e. The Kier molecular flexibility index (Phi) is 4.87. The molecule has 1 aliphatic carbocycles. The fraction of sp³-hybridized carbons (Fsp3) is 1.00. The number of rotatable bonds is 2. The second-order valence-electron chi connectivity index (χ2n) is 5.79. The summed E-state index contributed by atoms with van der Waals surface area (Å²) in [5.74, 6) is 0.712. The van der Waals surface area contributed by atoms with E-state index >= 15 is 0 Å². The molecule has 0 bridgehead atoms. The monoisotopic (exact) mass is 247 g/mol. The van der Waals surface area contributed by atoms with E-state index in [2.05, 4.69) is 58.3 Å². The van der Waals surface area contributed by atoms with Gasteiger partial charge in [0.05, 0.1) is 0 Å². The summed E-state index contributed by atoms with van der Waals surface area (Å²) in [6, 6.07) is 0.612. The molecular weight excluding hydrogens is 222 g/mol. The molecule has 1 fully saturated rings. The first-order chi connectivity index (χ1) is 6.83. The van der Waals surface area contributed by atoms with Gasteiger partial charge in [0.2, 0.25) is 0 Å². The molecule has 4 atom stereocenters. The van der Waals surface area contributed by atoms with Crippen molar-refractivity contribution in [2.75, 3.05) is 0 Å². The summed E-state index contributed by atoms with van der Waals surface area (Å²) in [7, 11) is 0. The first kappa shape index (κ1) is 13.7. The summed E-state index contributed by atoms with van der Waals surface area (Å²) in [6.45, 7) is 8.95. The average Bonchev–Trinajstić information content (AvgIpc) is 2.08. The van der Waals surface area contributed by atoms with Crippen molar-refractivity contribution in [3.05, 3.63) is 0 Å². The van der Waals surface area contributed by atoms with Gasteiger partial charge in [-0.2, -0.15) is 25.3 Å². The number of thiol groups is 2. The van der Waals surface area contributed by atoms with Crippen molar-refractivity contribution in [1.29, 1.82) is 0 Å². The quantitative estimate of drug-likeness (QED) is 0.637. The predicted molar refractivity (Wildman–Crippen MR) is 75.2 cm³/mol. The van der Waals surface area contributed by atoms with Crippen LogP contribution in [0.1, 0.15) is 47.0 Å². The molecule has 0 aromatic carbocycles. The van der Waals surface area contributed by atoms with Crippen LogP contribution in [0.2, 0.25) is 0 Å². The number of nitrogens with one attached hydrogen (secondary N) is 1. The van der Waals surface area contributed by atoms with E-state index < -0.39 is 0 Å². The second kappa shape index (κ2) is 5.33. The second-order valence-corrected chi connectivity index (χ2v) is 7.05. The van der Waals surface area contributed by atoms with Crippen LogP contribution in [0.25, 0.3) is 0 Å². The van der Waals surface area contributed by atoms with Gasteiger partial charge in [-0.1, -0.05) is 13.3 Å². The van der Waals surface area contributed by atoms with Gasteiger partial charge in [0.25, 0.3) is 0 Å². The zero-order valence-corrected chi connectivity index (χ0v) is 12.1. The Morgan fingerprint density at radius 2 is 1.80 bits per heavy atom. The van der Waals surface area contributed by atoms with E-state index in [1.165, 1.54) is 12.8 Å². The van der Waals surface area contributed by atoms with Gasteiger partial charge < -0.3 is 5.32 Å². The van der Waals surface area contributed by atoms with Crippen LogP contribution in [0.15, 0.2) is 0 Å². The smallest absolute Gasteiger partial charge is 0.0163 e. The number of hydrogen-bond acceptors (Lipinski definition) is 3. The van der Waals surface area contributed by atoms with E-state index in [-0.39, 0.29) is 5.54 Å². The lowest BCUT2D eigenvalue weighted by Crippen LogP contribution is -2.50. The molecule has 0 radical (unpaired) electrons. The predicted octanol–water partition coefficient (Wildman–Crippen LogP) is 3.16. The van der Waals surface area contributed by atoms with Gasteiger partial charge in [0, 0.05) is 22.1 Å². The Labute approximate surface area is 106 Å². The minimum Gasteiger partial charge on any atom is -0.309 e. The minimum atomic E-state index is 0.208. The van der Waals surface area contributed by atoms with Crippen molar-refractivity contribution < 1.29 is 0 Å². The van der Waals surface area contributed by atoms with Crippen molar-refractivity contribution in [3.8, 4) is 0 Å². The molecule has 0 spiro atoms. The van der Waals surface area contributed by atoms with Gasteiger partial charge in [-0.3, -0.25) is 0 Å². The molecule has 0 amide bonds. The molecule has 1 rings (SSSR count). The fourth-order valence-corrected chi connectivity index (χ4v) is 3.44. The molecule has 4 unspecified atom stereocenters. The Balaban J connectivity index is 2.55. The highest BCUT2D eigenvalue weighted by Gasteiger charge is 2.34. The molecule has 0 saturated heterocycles. The highest BCUT2D eigenvalue weighted by molar-refractivity contribution is 7.85. The fourth-order valence-electron chi connectivity index (χ4n) is 2.48. The highest BCUT2D eigenvalue weighted by Crippen LogP contribution is 2.34. The number of hydrogen-bond donors (Lipinski definition) is 3. The van der Waals surface area contributed by atoms with E-state index in [0.29, 0.717) is 22.5 Å². The first-order valence-corrected chi connectivity index (χ1v) is 7.00. The standard InChI is InChI=1S/C12H25NS2/c1-5-8-6-9(13-12(2,3)4)7-10(14)11(8)15/h8-11,13-15H,5-7H2,1-4H3. The van der Waals surface area contributed by atoms with Crippen LogP contribution in [0.4, 0.5) is 0 Å². The van der Waals surface area contributed by atoms with Crippen LogP contribution in [-0.2, 0) is 0 Å². The lowest BCUT2D eigenvalue weighted by Gasteiger charge is -2.40. The zero-order chi connectivity index (χ0) is 11.6. The third kappa shape index (κ3) is 4.20. The third-order valence-corrected chi connectivity index (χ3v) is 4.70. The van der Waals surface area contributed by atoms with Gasteiger partial charge in [-0.05, 0) is 39.5 Å². The van der Waals surface area contributed by atoms with Crippen LogP contribution in [0, 0.1) is 5.92 Å². The normalized spacial score (nSPS) is 38.0. The van der Waals surface area contributed by atoms with Gasteiger partial charge in [0.1, 0.15) is 0 Å². The molecular formula is C12H25NS2. The van der Waals surface area contributed by atoms with E-state index in [0.717, 1.165) is 6.42 Å². The van der Waals surface area contributed by atoms with Crippen LogP contribution in [0.3, 0.4) is 0 Å². The van der Waals surface area contributed by atoms with Gasteiger partial charge >= 0.3 is 0 Å². The molecule has 90 valence electrons. The lowest BCUT2D eigenvalue weighted by atomic mass is 9.82. The average molecular weight is 247 g/mol. The maximum atomic E-state index is 4.68. The Morgan fingerprint density at radius 1 is 1.20 bits per heavy atom. The zero-order valence-electron chi connectivity index (χ0n) is 10.3. The molecule has 1 nitrogen and oxygen atoms in total. The van der Waals surface area contributed by atoms with E-state index in [1.54, 1.807) is 0 Å². The molecule has 0 aromatic rings. The largest absolute Gasteiger partial charge is 0.309 e. The van der Waals surface area contributed by atoms with E-state index in [9.17, 15) is 0 Å². The summed E-state index contributed by atoms with van der Waals surface area (Å²) in [4.78, 5) is 0. The summed E-state index contributed by atoms with van der Waals surface area (Å²) in [6.07, 6.45) is 3.61. The summed E-state index contributed by atoms with van der Waals surface area (Å²) < 4.78 is 0. The minimum absolute atomic E-state index is 0.208. The topological polar surface area (TPSA) is 12.0 Å². The van der Waals surface area contributed by atoms with Crippen LogP contribution >= 0.6 is 25.3 Å². The van der Waals surface area contributed by atoms with Crippen LogP contribution in [-0.4, -0.2) is 22.1 Å². The van der Waals surface area contributed by atoms with Gasteiger partial charge in [0.15, 0.2) is 0 Å². The van der Waals surface area contributed by atoms with Gasteiger partial charge in [-0.15, -0.1) is 0 Å². The Morgan fingerprint density at radius 3 is 2.27 bits per heavy atom. The Bertz CT molecular complexity index is 200.